The summed E-state index contributed by atoms with van der Waals surface area (Å²) >= 11 is 5.78. The molecule has 32 heavy (non-hydrogen) atoms. The molecular formula is C22H25ClF2N4O3. The van der Waals surface area contributed by atoms with Gasteiger partial charge in [0, 0.05) is 31.0 Å². The van der Waals surface area contributed by atoms with E-state index in [1.54, 1.807) is 6.92 Å². The van der Waals surface area contributed by atoms with Gasteiger partial charge < -0.3 is 20.0 Å². The van der Waals surface area contributed by atoms with Crippen LogP contribution >= 0.6 is 11.6 Å². The van der Waals surface area contributed by atoms with Crippen LogP contribution in [0.3, 0.4) is 0 Å². The van der Waals surface area contributed by atoms with E-state index < -0.39 is 29.2 Å². The molecule has 2 aliphatic heterocycles. The Morgan fingerprint density at radius 1 is 1.28 bits per heavy atom. The first-order valence-corrected chi connectivity index (χ1v) is 10.9. The molecule has 0 bridgehead atoms. The second kappa shape index (κ2) is 8.30. The van der Waals surface area contributed by atoms with Crippen molar-refractivity contribution in [2.24, 2.45) is 0 Å². The zero-order chi connectivity index (χ0) is 23.3. The number of aliphatic hydroxyl groups excluding tert-OH is 1. The molecule has 1 amide bonds. The molecule has 0 radical (unpaired) electrons. The predicted octanol–water partition coefficient (Wildman–Crippen LogP) is 2.95. The van der Waals surface area contributed by atoms with Crippen LogP contribution in [0.25, 0.3) is 0 Å². The topological polar surface area (TPSA) is 89.8 Å². The van der Waals surface area contributed by atoms with Crippen molar-refractivity contribution in [2.45, 2.75) is 50.2 Å². The van der Waals surface area contributed by atoms with Crippen LogP contribution in [0.4, 0.5) is 8.78 Å². The lowest BCUT2D eigenvalue weighted by molar-refractivity contribution is -0.136. The third-order valence-corrected chi connectivity index (χ3v) is 6.86. The zero-order valence-electron chi connectivity index (χ0n) is 17.9. The van der Waals surface area contributed by atoms with Gasteiger partial charge in [0.05, 0.1) is 17.1 Å². The number of halogens is 3. The number of benzene rings is 1. The van der Waals surface area contributed by atoms with Crippen LogP contribution < -0.4 is 0 Å². The van der Waals surface area contributed by atoms with Crippen LogP contribution in [0.5, 0.6) is 0 Å². The monoisotopic (exact) mass is 466 g/mol. The number of likely N-dealkylation sites (tertiary alicyclic amines) is 1. The largest absolute Gasteiger partial charge is 0.382 e. The van der Waals surface area contributed by atoms with Crippen molar-refractivity contribution in [3.8, 4) is 0 Å². The molecule has 2 atom stereocenters. The van der Waals surface area contributed by atoms with Gasteiger partial charge in [-0.15, -0.1) is 0 Å². The summed E-state index contributed by atoms with van der Waals surface area (Å²) < 4.78 is 31.1. The number of amides is 1. The SMILES string of the molecule is CCC(O)(c1cc(F)c2c(c1)C(=O)N(Cc1ncc(Cl)cn1)C2O)C1(F)CCN(C)CC1. The fourth-order valence-corrected chi connectivity index (χ4v) is 4.71. The number of piperidine rings is 1. The Balaban J connectivity index is 1.70. The average Bonchev–Trinajstić information content (AvgIpc) is 3.01. The van der Waals surface area contributed by atoms with Crippen LogP contribution in [0.1, 0.15) is 59.7 Å². The molecule has 1 aromatic heterocycles. The van der Waals surface area contributed by atoms with Gasteiger partial charge in [-0.1, -0.05) is 18.5 Å². The summed E-state index contributed by atoms with van der Waals surface area (Å²) in [7, 11) is 1.87. The van der Waals surface area contributed by atoms with Crippen LogP contribution in [-0.2, 0) is 12.1 Å². The third kappa shape index (κ3) is 3.67. The Morgan fingerprint density at radius 2 is 1.91 bits per heavy atom. The molecule has 172 valence electrons. The molecule has 3 heterocycles. The van der Waals surface area contributed by atoms with Crippen LogP contribution in [0, 0.1) is 5.82 Å². The maximum atomic E-state index is 16.0. The predicted molar refractivity (Wildman–Crippen MR) is 113 cm³/mol. The Labute approximate surface area is 189 Å². The standard InChI is InChI=1S/C22H25ClF2N4O3/c1-3-22(32,21(25)4-6-28(2)7-5-21)13-8-15-18(16(24)9-13)20(31)29(19(15)30)12-17-26-10-14(23)11-27-17/h8-11,20,31-32H,3-7,12H2,1-2H3. The molecular weight excluding hydrogens is 442 g/mol. The van der Waals surface area contributed by atoms with Gasteiger partial charge in [-0.2, -0.15) is 0 Å². The molecule has 7 nitrogen and oxygen atoms in total. The number of aliphatic hydroxyl groups is 2. The Hall–Kier alpha value is -2.20. The molecule has 1 aromatic carbocycles. The Kier molecular flexibility index (Phi) is 5.96. The van der Waals surface area contributed by atoms with E-state index in [-0.39, 0.29) is 48.3 Å². The third-order valence-electron chi connectivity index (χ3n) is 6.67. The van der Waals surface area contributed by atoms with Crippen LogP contribution in [-0.4, -0.2) is 61.7 Å². The average molecular weight is 467 g/mol. The van der Waals surface area contributed by atoms with Gasteiger partial charge in [0.2, 0.25) is 0 Å². The highest BCUT2D eigenvalue weighted by molar-refractivity contribution is 6.30. The number of fused-ring (bicyclic) bond motifs is 1. The maximum Gasteiger partial charge on any atom is 0.257 e. The minimum Gasteiger partial charge on any atom is -0.382 e. The first-order valence-electron chi connectivity index (χ1n) is 10.5. The minimum atomic E-state index is -1.97. The van der Waals surface area contributed by atoms with E-state index in [0.717, 1.165) is 11.0 Å². The minimum absolute atomic E-state index is 0.00448. The number of alkyl halides is 1. The quantitative estimate of drug-likeness (QED) is 0.704. The first kappa shape index (κ1) is 23.0. The highest BCUT2D eigenvalue weighted by Gasteiger charge is 2.53. The number of hydrogen-bond donors (Lipinski definition) is 2. The Bertz CT molecular complexity index is 1030. The molecule has 2 unspecified atom stereocenters. The van der Waals surface area contributed by atoms with E-state index in [9.17, 15) is 15.0 Å². The van der Waals surface area contributed by atoms with Crippen molar-refractivity contribution in [1.82, 2.24) is 19.8 Å². The molecule has 1 fully saturated rings. The maximum absolute atomic E-state index is 16.0. The summed E-state index contributed by atoms with van der Waals surface area (Å²) in [6, 6.07) is 2.33. The number of carbonyl (C=O) groups is 1. The van der Waals surface area contributed by atoms with Gasteiger partial charge >= 0.3 is 0 Å². The molecule has 0 saturated carbocycles. The van der Waals surface area contributed by atoms with E-state index in [1.165, 1.54) is 18.5 Å². The first-order chi connectivity index (χ1) is 15.1. The van der Waals surface area contributed by atoms with E-state index in [4.69, 9.17) is 11.6 Å². The van der Waals surface area contributed by atoms with Crippen LogP contribution in [0.15, 0.2) is 24.5 Å². The number of carbonyl (C=O) groups excluding carboxylic acids is 1. The van der Waals surface area contributed by atoms with E-state index >= 15 is 8.78 Å². The second-order valence-electron chi connectivity index (χ2n) is 8.53. The zero-order valence-corrected chi connectivity index (χ0v) is 18.6. The van der Waals surface area contributed by atoms with Gasteiger partial charge in [0.15, 0.2) is 6.23 Å². The molecule has 1 saturated heterocycles. The fraction of sp³-hybridized carbons (Fsp3) is 0.500. The summed E-state index contributed by atoms with van der Waals surface area (Å²) in [4.78, 5) is 24.0. The lowest BCUT2D eigenvalue weighted by Crippen LogP contribution is -2.54. The van der Waals surface area contributed by atoms with E-state index in [2.05, 4.69) is 9.97 Å². The van der Waals surface area contributed by atoms with Gasteiger partial charge in [-0.3, -0.25) is 4.79 Å². The van der Waals surface area contributed by atoms with Gasteiger partial charge in [0.1, 0.15) is 22.9 Å². The second-order valence-corrected chi connectivity index (χ2v) is 8.96. The van der Waals surface area contributed by atoms with Crippen LogP contribution in [0.2, 0.25) is 5.02 Å². The summed E-state index contributed by atoms with van der Waals surface area (Å²) in [5, 5.41) is 22.4. The molecule has 0 aliphatic carbocycles. The van der Waals surface area contributed by atoms with Gasteiger partial charge in [-0.05, 0) is 44.0 Å². The number of nitrogens with zero attached hydrogens (tertiary/aromatic N) is 4. The molecule has 0 spiro atoms. The lowest BCUT2D eigenvalue weighted by atomic mass is 9.71. The summed E-state index contributed by atoms with van der Waals surface area (Å²) in [5.74, 6) is -1.31. The summed E-state index contributed by atoms with van der Waals surface area (Å²) in [6.45, 7) is 2.38. The van der Waals surface area contributed by atoms with Crippen molar-refractivity contribution < 1.29 is 23.8 Å². The van der Waals surface area contributed by atoms with Gasteiger partial charge in [0.25, 0.3) is 5.91 Å². The lowest BCUT2D eigenvalue weighted by Gasteiger charge is -2.45. The molecule has 2 aromatic rings. The highest BCUT2D eigenvalue weighted by atomic mass is 35.5. The summed E-state index contributed by atoms with van der Waals surface area (Å²) in [6.07, 6.45) is 1.33. The van der Waals surface area contributed by atoms with Crippen molar-refractivity contribution >= 4 is 17.5 Å². The molecule has 10 heteroatoms. The van der Waals surface area contributed by atoms with E-state index in [0.29, 0.717) is 18.1 Å². The summed E-state index contributed by atoms with van der Waals surface area (Å²) in [5.41, 5.74) is -4.26. The smallest absolute Gasteiger partial charge is 0.257 e. The molecule has 2 N–H and O–H groups in total. The van der Waals surface area contributed by atoms with Crippen molar-refractivity contribution in [2.75, 3.05) is 20.1 Å². The van der Waals surface area contributed by atoms with Crippen molar-refractivity contribution in [3.05, 3.63) is 57.9 Å². The normalized spacial score (nSPS) is 22.7. The number of aromatic nitrogens is 2. The van der Waals surface area contributed by atoms with Gasteiger partial charge in [-0.25, -0.2) is 18.7 Å². The molecule has 2 aliphatic rings. The van der Waals surface area contributed by atoms with E-state index in [1.807, 2.05) is 11.9 Å². The number of hydrogen-bond acceptors (Lipinski definition) is 6. The molecule has 4 rings (SSSR count). The number of rotatable bonds is 5. The van der Waals surface area contributed by atoms with Crippen molar-refractivity contribution in [3.63, 3.8) is 0 Å². The highest BCUT2D eigenvalue weighted by Crippen LogP contribution is 2.47. The fourth-order valence-electron chi connectivity index (χ4n) is 4.62. The van der Waals surface area contributed by atoms with Crippen molar-refractivity contribution in [1.29, 1.82) is 0 Å². The Morgan fingerprint density at radius 3 is 2.50 bits per heavy atom.